The second-order valence-corrected chi connectivity index (χ2v) is 11.9. The number of hydrogen-bond acceptors (Lipinski definition) is 7. The van der Waals surface area contributed by atoms with Gasteiger partial charge in [0.2, 0.25) is 5.91 Å². The smallest absolute Gasteiger partial charge is 0.332 e. The van der Waals surface area contributed by atoms with Crippen molar-refractivity contribution in [3.63, 3.8) is 0 Å². The highest BCUT2D eigenvalue weighted by atomic mass is 16.6. The zero-order valence-electron chi connectivity index (χ0n) is 24.9. The lowest BCUT2D eigenvalue weighted by Crippen LogP contribution is -2.56. The molecular formula is C32H42N4O6. The maximum absolute atomic E-state index is 14.1. The topological polar surface area (TPSA) is 144 Å². The summed E-state index contributed by atoms with van der Waals surface area (Å²) >= 11 is 0. The molecule has 10 nitrogen and oxygen atoms in total. The van der Waals surface area contributed by atoms with E-state index in [9.17, 15) is 14.4 Å². The van der Waals surface area contributed by atoms with Crippen molar-refractivity contribution in [2.75, 3.05) is 13.2 Å². The van der Waals surface area contributed by atoms with Gasteiger partial charge in [0.05, 0.1) is 12.7 Å². The van der Waals surface area contributed by atoms with Gasteiger partial charge in [0.1, 0.15) is 29.8 Å². The minimum absolute atomic E-state index is 0.0275. The molecule has 42 heavy (non-hydrogen) atoms. The van der Waals surface area contributed by atoms with E-state index in [1.807, 2.05) is 49.9 Å². The third-order valence-corrected chi connectivity index (χ3v) is 7.54. The fourth-order valence-corrected chi connectivity index (χ4v) is 5.72. The summed E-state index contributed by atoms with van der Waals surface area (Å²) in [5.74, 6) is -0.252. The summed E-state index contributed by atoms with van der Waals surface area (Å²) in [6.07, 6.45) is 3.15. The monoisotopic (exact) mass is 578 g/mol. The molecule has 2 aliphatic heterocycles. The summed E-state index contributed by atoms with van der Waals surface area (Å²) in [5.41, 5.74) is 7.00. The average Bonchev–Trinajstić information content (AvgIpc) is 3.20. The van der Waals surface area contributed by atoms with Crippen molar-refractivity contribution in [1.29, 1.82) is 5.41 Å². The zero-order chi connectivity index (χ0) is 30.4. The van der Waals surface area contributed by atoms with E-state index < -0.39 is 6.04 Å². The first kappa shape index (κ1) is 31.0. The number of nitrogens with zero attached hydrogens (tertiary/aromatic N) is 1. The molecule has 0 spiro atoms. The van der Waals surface area contributed by atoms with Gasteiger partial charge in [0.25, 0.3) is 5.91 Å². The first-order chi connectivity index (χ1) is 19.9. The fourth-order valence-electron chi connectivity index (χ4n) is 5.72. The third kappa shape index (κ3) is 8.09. The van der Waals surface area contributed by atoms with Crippen LogP contribution in [0.5, 0.6) is 5.75 Å². The van der Waals surface area contributed by atoms with Crippen LogP contribution >= 0.6 is 0 Å². The van der Waals surface area contributed by atoms with E-state index in [2.05, 4.69) is 5.32 Å². The number of nitrogen functional groups attached to an aromatic ring is 1. The molecule has 4 rings (SSSR count). The van der Waals surface area contributed by atoms with Crippen LogP contribution in [0.15, 0.2) is 48.5 Å². The minimum atomic E-state index is -0.792. The highest BCUT2D eigenvalue weighted by molar-refractivity contribution is 6.00. The van der Waals surface area contributed by atoms with Crippen LogP contribution in [0, 0.1) is 5.41 Å². The van der Waals surface area contributed by atoms with Crippen molar-refractivity contribution in [3.8, 4) is 5.75 Å². The van der Waals surface area contributed by atoms with Gasteiger partial charge in [-0.2, -0.15) is 0 Å². The molecule has 4 N–H and O–H groups in total. The van der Waals surface area contributed by atoms with E-state index in [1.54, 1.807) is 31.2 Å². The van der Waals surface area contributed by atoms with Crippen LogP contribution in [0.1, 0.15) is 74.9 Å². The Morgan fingerprint density at radius 2 is 1.60 bits per heavy atom. The zero-order valence-corrected chi connectivity index (χ0v) is 24.9. The Morgan fingerprint density at radius 1 is 1.00 bits per heavy atom. The first-order valence-corrected chi connectivity index (χ1v) is 14.6. The summed E-state index contributed by atoms with van der Waals surface area (Å²) in [6.45, 7) is 7.91. The number of esters is 1. The van der Waals surface area contributed by atoms with Gasteiger partial charge in [0, 0.05) is 29.6 Å². The predicted molar refractivity (Wildman–Crippen MR) is 159 cm³/mol. The number of carbonyl (C=O) groups is 3. The van der Waals surface area contributed by atoms with Crippen LogP contribution in [-0.4, -0.2) is 71.6 Å². The number of benzene rings is 2. The lowest BCUT2D eigenvalue weighted by Gasteiger charge is -2.40. The number of fused-ring (bicyclic) bond motifs is 2. The number of piperidine rings is 1. The van der Waals surface area contributed by atoms with Crippen molar-refractivity contribution in [1.82, 2.24) is 10.2 Å². The Kier molecular flexibility index (Phi) is 9.88. The normalized spacial score (nSPS) is 20.5. The summed E-state index contributed by atoms with van der Waals surface area (Å²) in [4.78, 5) is 41.1. The van der Waals surface area contributed by atoms with Gasteiger partial charge in [-0.1, -0.05) is 24.3 Å². The Labute approximate surface area is 247 Å². The number of amidine groups is 1. The van der Waals surface area contributed by atoms with Crippen LogP contribution < -0.4 is 15.8 Å². The number of ether oxygens (including phenoxy) is 3. The highest BCUT2D eigenvalue weighted by Crippen LogP contribution is 2.37. The molecule has 2 heterocycles. The average molecular weight is 579 g/mol. The number of rotatable bonds is 11. The molecule has 3 unspecified atom stereocenters. The molecule has 226 valence electrons. The number of nitrogens with one attached hydrogen (secondary N) is 2. The van der Waals surface area contributed by atoms with E-state index in [-0.39, 0.29) is 54.0 Å². The van der Waals surface area contributed by atoms with Gasteiger partial charge < -0.3 is 30.2 Å². The largest absolute Gasteiger partial charge is 0.488 e. The van der Waals surface area contributed by atoms with Crippen molar-refractivity contribution in [3.05, 3.63) is 65.2 Å². The van der Waals surface area contributed by atoms with Gasteiger partial charge in [-0.05, 0) is 83.2 Å². The molecule has 0 aromatic heterocycles. The molecule has 2 fully saturated rings. The van der Waals surface area contributed by atoms with Gasteiger partial charge in [-0.3, -0.25) is 15.0 Å². The van der Waals surface area contributed by atoms with Gasteiger partial charge >= 0.3 is 5.97 Å². The molecule has 2 aliphatic rings. The molecule has 2 aromatic rings. The third-order valence-electron chi connectivity index (χ3n) is 7.54. The Bertz CT molecular complexity index is 1260. The van der Waals surface area contributed by atoms with Gasteiger partial charge in [-0.15, -0.1) is 0 Å². The quantitative estimate of drug-likeness (QED) is 0.210. The van der Waals surface area contributed by atoms with Crippen LogP contribution in [0.25, 0.3) is 0 Å². The molecule has 10 heteroatoms. The Hall–Kier alpha value is -3.92. The van der Waals surface area contributed by atoms with Crippen molar-refractivity contribution in [2.24, 2.45) is 5.73 Å². The molecule has 0 saturated carbocycles. The van der Waals surface area contributed by atoms with E-state index in [1.165, 1.54) is 0 Å². The minimum Gasteiger partial charge on any atom is -0.488 e. The maximum Gasteiger partial charge on any atom is 0.332 e. The Balaban J connectivity index is 1.50. The van der Waals surface area contributed by atoms with Gasteiger partial charge in [-0.25, -0.2) is 4.79 Å². The SMILES string of the molecule is CCOC(=O)COC1CC2CC[C@@H](C1)N2C(=O)C(Cc1ccc(OC(C)(C)C)cc1)NC(=O)c1ccc(C(=N)N)cc1. The fraction of sp³-hybridized carbons (Fsp3) is 0.500. The number of amides is 2. The van der Waals surface area contributed by atoms with Crippen LogP contribution in [0.3, 0.4) is 0 Å². The van der Waals surface area contributed by atoms with Crippen molar-refractivity contribution in [2.45, 2.75) is 89.6 Å². The molecule has 2 aromatic carbocycles. The maximum atomic E-state index is 14.1. The predicted octanol–water partition coefficient (Wildman–Crippen LogP) is 3.59. The van der Waals surface area contributed by atoms with E-state index in [0.717, 1.165) is 24.2 Å². The summed E-state index contributed by atoms with van der Waals surface area (Å²) in [7, 11) is 0. The second kappa shape index (κ2) is 13.4. The van der Waals surface area contributed by atoms with Crippen LogP contribution in [-0.2, 0) is 25.5 Å². The first-order valence-electron chi connectivity index (χ1n) is 14.6. The number of nitrogens with two attached hydrogens (primary N) is 1. The lowest BCUT2D eigenvalue weighted by atomic mass is 9.96. The van der Waals surface area contributed by atoms with E-state index in [4.69, 9.17) is 25.4 Å². The van der Waals surface area contributed by atoms with Crippen molar-refractivity contribution >= 4 is 23.6 Å². The van der Waals surface area contributed by atoms with Crippen LogP contribution in [0.2, 0.25) is 0 Å². The van der Waals surface area contributed by atoms with Gasteiger partial charge in [0.15, 0.2) is 0 Å². The Morgan fingerprint density at radius 3 is 2.14 bits per heavy atom. The van der Waals surface area contributed by atoms with E-state index in [0.29, 0.717) is 37.0 Å². The summed E-state index contributed by atoms with van der Waals surface area (Å²) in [5, 5.41) is 10.6. The summed E-state index contributed by atoms with van der Waals surface area (Å²) in [6, 6.07) is 13.2. The lowest BCUT2D eigenvalue weighted by molar-refractivity contribution is -0.154. The molecular weight excluding hydrogens is 536 g/mol. The molecule has 0 radical (unpaired) electrons. The summed E-state index contributed by atoms with van der Waals surface area (Å²) < 4.78 is 16.8. The highest BCUT2D eigenvalue weighted by Gasteiger charge is 2.45. The number of hydrogen-bond donors (Lipinski definition) is 3. The second-order valence-electron chi connectivity index (χ2n) is 11.9. The van der Waals surface area contributed by atoms with Crippen molar-refractivity contribution < 1.29 is 28.6 Å². The number of carbonyl (C=O) groups excluding carboxylic acids is 3. The standard InChI is InChI=1S/C32H42N4O6/c1-5-40-28(37)19-41-26-17-23-12-13-24(18-26)36(23)31(39)27(16-20-6-14-25(15-7-20)42-32(2,3)4)35-30(38)22-10-8-21(9-11-22)29(33)34/h6-11,14-15,23-24,26-27H,5,12-13,16-19H2,1-4H3,(H3,33,34)(H,35,38)/t23-,24?,26?,27?/m0/s1. The molecule has 4 atom stereocenters. The molecule has 2 saturated heterocycles. The van der Waals surface area contributed by atoms with Crippen LogP contribution in [0.4, 0.5) is 0 Å². The van der Waals surface area contributed by atoms with E-state index >= 15 is 0 Å². The molecule has 2 amide bonds. The molecule has 2 bridgehead atoms. The molecule has 0 aliphatic carbocycles.